The molecule has 0 unspecified atom stereocenters. The van der Waals surface area contributed by atoms with Crippen molar-refractivity contribution in [3.63, 3.8) is 0 Å². The van der Waals surface area contributed by atoms with Gasteiger partial charge in [-0.15, -0.1) is 0 Å². The van der Waals surface area contributed by atoms with Gasteiger partial charge in [-0.1, -0.05) is 32.0 Å². The molecule has 16 heavy (non-hydrogen) atoms. The van der Waals surface area contributed by atoms with Gasteiger partial charge in [0.15, 0.2) is 0 Å². The van der Waals surface area contributed by atoms with E-state index in [9.17, 15) is 4.39 Å². The minimum absolute atomic E-state index is 0.237. The molecule has 1 aromatic carbocycles. The Balaban J connectivity index is 2.15. The Morgan fingerprint density at radius 1 is 1.31 bits per heavy atom. The number of fused-ring (bicyclic) bond motifs is 1. The third-order valence-electron chi connectivity index (χ3n) is 3.39. The van der Waals surface area contributed by atoms with E-state index in [0.29, 0.717) is 12.5 Å². The van der Waals surface area contributed by atoms with Crippen LogP contribution in [0.2, 0.25) is 0 Å². The summed E-state index contributed by atoms with van der Waals surface area (Å²) >= 11 is 0. The molecule has 2 rings (SSSR count). The van der Waals surface area contributed by atoms with Crippen LogP contribution in [0, 0.1) is 0 Å². The molecule has 1 nitrogen and oxygen atoms in total. The number of halogens is 1. The van der Waals surface area contributed by atoms with Crippen molar-refractivity contribution in [1.82, 2.24) is 4.90 Å². The zero-order valence-electron chi connectivity index (χ0n) is 10.2. The molecular weight excluding hydrogens is 201 g/mol. The van der Waals surface area contributed by atoms with Crippen molar-refractivity contribution in [1.29, 1.82) is 0 Å². The van der Waals surface area contributed by atoms with Crippen LogP contribution in [0.15, 0.2) is 18.2 Å². The average Bonchev–Trinajstić information content (AvgIpc) is 2.28. The molecule has 88 valence electrons. The van der Waals surface area contributed by atoms with Crippen LogP contribution in [0.4, 0.5) is 4.39 Å². The van der Waals surface area contributed by atoms with E-state index >= 15 is 0 Å². The highest BCUT2D eigenvalue weighted by molar-refractivity contribution is 5.35. The van der Waals surface area contributed by atoms with E-state index in [1.807, 2.05) is 0 Å². The van der Waals surface area contributed by atoms with Crippen molar-refractivity contribution in [2.75, 3.05) is 19.8 Å². The molecule has 0 spiro atoms. The van der Waals surface area contributed by atoms with Crippen molar-refractivity contribution < 1.29 is 4.39 Å². The summed E-state index contributed by atoms with van der Waals surface area (Å²) in [7, 11) is 0. The number of hydrogen-bond acceptors (Lipinski definition) is 1. The maximum absolute atomic E-state index is 12.3. The molecule has 0 saturated carbocycles. The highest BCUT2D eigenvalue weighted by Gasteiger charge is 2.16. The predicted octanol–water partition coefficient (Wildman–Crippen LogP) is 3.14. The summed E-state index contributed by atoms with van der Waals surface area (Å²) in [6, 6.07) is 6.75. The van der Waals surface area contributed by atoms with Gasteiger partial charge in [0.05, 0.1) is 0 Å². The number of alkyl halides is 1. The normalized spacial score (nSPS) is 16.5. The Hall–Kier alpha value is -0.890. The lowest BCUT2D eigenvalue weighted by molar-refractivity contribution is 0.231. The molecule has 2 heteroatoms. The first kappa shape index (κ1) is 11.6. The number of benzene rings is 1. The average molecular weight is 221 g/mol. The van der Waals surface area contributed by atoms with Gasteiger partial charge in [-0.3, -0.25) is 4.90 Å². The zero-order chi connectivity index (χ0) is 11.5. The Morgan fingerprint density at radius 3 is 2.81 bits per heavy atom. The predicted molar refractivity (Wildman–Crippen MR) is 65.5 cm³/mol. The highest BCUT2D eigenvalue weighted by Crippen LogP contribution is 2.23. The molecule has 0 aliphatic carbocycles. The minimum Gasteiger partial charge on any atom is -0.296 e. The van der Waals surface area contributed by atoms with Gasteiger partial charge in [-0.25, -0.2) is 4.39 Å². The third kappa shape index (κ3) is 2.43. The monoisotopic (exact) mass is 221 g/mol. The second-order valence-electron chi connectivity index (χ2n) is 4.90. The maximum atomic E-state index is 12.3. The SMILES string of the molecule is CC(C)c1ccc2c(c1)CCN(CCF)C2. The largest absolute Gasteiger partial charge is 0.296 e. The number of rotatable bonds is 3. The van der Waals surface area contributed by atoms with Gasteiger partial charge in [0, 0.05) is 19.6 Å². The van der Waals surface area contributed by atoms with Gasteiger partial charge in [0.25, 0.3) is 0 Å². The summed E-state index contributed by atoms with van der Waals surface area (Å²) in [6.07, 6.45) is 1.07. The fourth-order valence-electron chi connectivity index (χ4n) is 2.30. The summed E-state index contributed by atoms with van der Waals surface area (Å²) in [6.45, 7) is 6.70. The second-order valence-corrected chi connectivity index (χ2v) is 4.90. The van der Waals surface area contributed by atoms with E-state index < -0.39 is 0 Å². The molecule has 0 N–H and O–H groups in total. The highest BCUT2D eigenvalue weighted by atomic mass is 19.1. The van der Waals surface area contributed by atoms with E-state index in [1.165, 1.54) is 16.7 Å². The lowest BCUT2D eigenvalue weighted by Gasteiger charge is -2.28. The van der Waals surface area contributed by atoms with E-state index in [0.717, 1.165) is 19.5 Å². The molecule has 0 saturated heterocycles. The Morgan fingerprint density at radius 2 is 2.12 bits per heavy atom. The van der Waals surface area contributed by atoms with Crippen LogP contribution in [0.25, 0.3) is 0 Å². The molecule has 1 aromatic rings. The summed E-state index contributed by atoms with van der Waals surface area (Å²) in [5, 5.41) is 0. The minimum atomic E-state index is -0.237. The lowest BCUT2D eigenvalue weighted by Crippen LogP contribution is -2.32. The first-order valence-corrected chi connectivity index (χ1v) is 6.10. The van der Waals surface area contributed by atoms with Crippen LogP contribution in [0.1, 0.15) is 36.5 Å². The fraction of sp³-hybridized carbons (Fsp3) is 0.571. The van der Waals surface area contributed by atoms with Crippen LogP contribution < -0.4 is 0 Å². The topological polar surface area (TPSA) is 3.24 Å². The molecule has 0 bridgehead atoms. The van der Waals surface area contributed by atoms with Gasteiger partial charge in [0.1, 0.15) is 6.67 Å². The zero-order valence-corrected chi connectivity index (χ0v) is 10.2. The molecular formula is C14H20FN. The van der Waals surface area contributed by atoms with E-state index in [4.69, 9.17) is 0 Å². The Labute approximate surface area is 97.3 Å². The molecule has 0 aromatic heterocycles. The lowest BCUT2D eigenvalue weighted by atomic mass is 9.93. The molecule has 0 fully saturated rings. The summed E-state index contributed by atoms with van der Waals surface area (Å²) in [4.78, 5) is 2.19. The first-order chi connectivity index (χ1) is 7.70. The fourth-order valence-corrected chi connectivity index (χ4v) is 2.30. The molecule has 1 heterocycles. The van der Waals surface area contributed by atoms with E-state index in [2.05, 4.69) is 36.9 Å². The first-order valence-electron chi connectivity index (χ1n) is 6.10. The summed E-state index contributed by atoms with van der Waals surface area (Å²) in [5.41, 5.74) is 4.25. The number of hydrogen-bond donors (Lipinski definition) is 0. The summed E-state index contributed by atoms with van der Waals surface area (Å²) in [5.74, 6) is 0.592. The quantitative estimate of drug-likeness (QED) is 0.758. The molecule has 0 atom stereocenters. The molecule has 0 radical (unpaired) electrons. The standard InChI is InChI=1S/C14H20FN/c1-11(2)12-3-4-14-10-16(8-6-15)7-5-13(14)9-12/h3-4,9,11H,5-8,10H2,1-2H3. The van der Waals surface area contributed by atoms with Crippen molar-refractivity contribution >= 4 is 0 Å². The molecule has 1 aliphatic rings. The Bertz CT molecular complexity index is 360. The van der Waals surface area contributed by atoms with Crippen molar-refractivity contribution in [2.45, 2.75) is 32.7 Å². The summed E-state index contributed by atoms with van der Waals surface area (Å²) < 4.78 is 12.3. The van der Waals surface area contributed by atoms with Gasteiger partial charge in [-0.2, -0.15) is 0 Å². The molecule has 1 aliphatic heterocycles. The van der Waals surface area contributed by atoms with E-state index in [1.54, 1.807) is 0 Å². The van der Waals surface area contributed by atoms with Crippen LogP contribution in [0.5, 0.6) is 0 Å². The van der Waals surface area contributed by atoms with Gasteiger partial charge < -0.3 is 0 Å². The van der Waals surface area contributed by atoms with Crippen LogP contribution in [0.3, 0.4) is 0 Å². The van der Waals surface area contributed by atoms with Crippen molar-refractivity contribution in [3.05, 3.63) is 34.9 Å². The number of nitrogens with zero attached hydrogens (tertiary/aromatic N) is 1. The van der Waals surface area contributed by atoms with Crippen LogP contribution >= 0.6 is 0 Å². The van der Waals surface area contributed by atoms with Gasteiger partial charge in [0.2, 0.25) is 0 Å². The molecule has 0 amide bonds. The smallest absolute Gasteiger partial charge is 0.102 e. The second kappa shape index (κ2) is 4.96. The van der Waals surface area contributed by atoms with Crippen molar-refractivity contribution in [3.8, 4) is 0 Å². The third-order valence-corrected chi connectivity index (χ3v) is 3.39. The Kier molecular flexibility index (Phi) is 3.59. The van der Waals surface area contributed by atoms with Crippen LogP contribution in [-0.2, 0) is 13.0 Å². The van der Waals surface area contributed by atoms with Crippen molar-refractivity contribution in [2.24, 2.45) is 0 Å². The van der Waals surface area contributed by atoms with Crippen LogP contribution in [-0.4, -0.2) is 24.7 Å². The van der Waals surface area contributed by atoms with Gasteiger partial charge >= 0.3 is 0 Å². The van der Waals surface area contributed by atoms with E-state index in [-0.39, 0.29) is 6.67 Å². The maximum Gasteiger partial charge on any atom is 0.102 e. The van der Waals surface area contributed by atoms with Gasteiger partial charge in [-0.05, 0) is 29.0 Å².